The Morgan fingerprint density at radius 3 is 2.61 bits per heavy atom. The van der Waals surface area contributed by atoms with Crippen molar-refractivity contribution >= 4 is 5.91 Å². The molecule has 8 nitrogen and oxygen atoms in total. The number of carbonyl (C=O) groups is 1. The van der Waals surface area contributed by atoms with Crippen molar-refractivity contribution in [1.29, 1.82) is 0 Å². The second kappa shape index (κ2) is 6.79. The number of likely N-dealkylation sites (tertiary alicyclic amines) is 1. The molecule has 8 heteroatoms. The van der Waals surface area contributed by atoms with Crippen LogP contribution in [-0.4, -0.2) is 54.6 Å². The van der Waals surface area contributed by atoms with Crippen LogP contribution < -0.4 is 5.32 Å². The largest absolute Gasteiger partial charge is 0.337 e. The molecule has 0 atom stereocenters. The van der Waals surface area contributed by atoms with Crippen LogP contribution in [0, 0.1) is 0 Å². The summed E-state index contributed by atoms with van der Waals surface area (Å²) in [4.78, 5) is 19.1. The number of piperidine rings is 1. The SMILES string of the molecule is O=C(c1ccc(-n2cnnn2)cn1)N1CCC2(CC1)Cc1ccccc1CN2. The average Bonchev–Trinajstić information content (AvgIpc) is 3.29. The quantitative estimate of drug-likeness (QED) is 0.728. The first-order valence-electron chi connectivity index (χ1n) is 9.53. The molecular formula is C20H21N7O. The second-order valence-corrected chi connectivity index (χ2v) is 7.53. The molecule has 28 heavy (non-hydrogen) atoms. The first kappa shape index (κ1) is 17.0. The van der Waals surface area contributed by atoms with Gasteiger partial charge in [0.25, 0.3) is 5.91 Å². The molecule has 3 aromatic rings. The van der Waals surface area contributed by atoms with Crippen molar-refractivity contribution < 1.29 is 4.79 Å². The predicted molar refractivity (Wildman–Crippen MR) is 102 cm³/mol. The van der Waals surface area contributed by atoms with E-state index in [4.69, 9.17) is 0 Å². The molecule has 1 saturated heterocycles. The topological polar surface area (TPSA) is 88.8 Å². The highest BCUT2D eigenvalue weighted by Crippen LogP contribution is 2.32. The number of nitrogens with zero attached hydrogens (tertiary/aromatic N) is 6. The number of carbonyl (C=O) groups excluding carboxylic acids is 1. The molecule has 1 aromatic carbocycles. The van der Waals surface area contributed by atoms with Gasteiger partial charge in [-0.15, -0.1) is 5.10 Å². The average molecular weight is 375 g/mol. The summed E-state index contributed by atoms with van der Waals surface area (Å²) >= 11 is 0. The van der Waals surface area contributed by atoms with E-state index < -0.39 is 0 Å². The summed E-state index contributed by atoms with van der Waals surface area (Å²) in [6.45, 7) is 2.39. The molecule has 1 amide bonds. The number of hydrogen-bond acceptors (Lipinski definition) is 6. The molecular weight excluding hydrogens is 354 g/mol. The van der Waals surface area contributed by atoms with Gasteiger partial charge in [-0.2, -0.15) is 4.68 Å². The van der Waals surface area contributed by atoms with Gasteiger partial charge in [0.1, 0.15) is 12.0 Å². The van der Waals surface area contributed by atoms with Crippen LogP contribution in [0.2, 0.25) is 0 Å². The van der Waals surface area contributed by atoms with Crippen LogP contribution in [0.4, 0.5) is 0 Å². The number of pyridine rings is 1. The highest BCUT2D eigenvalue weighted by Gasteiger charge is 2.38. The van der Waals surface area contributed by atoms with Gasteiger partial charge in [0, 0.05) is 25.2 Å². The molecule has 1 fully saturated rings. The summed E-state index contributed by atoms with van der Waals surface area (Å²) in [5.41, 5.74) is 4.10. The Morgan fingerprint density at radius 1 is 1.07 bits per heavy atom. The third-order valence-corrected chi connectivity index (χ3v) is 5.89. The minimum Gasteiger partial charge on any atom is -0.337 e. The lowest BCUT2D eigenvalue weighted by molar-refractivity contribution is 0.0625. The minimum absolute atomic E-state index is 0.0191. The molecule has 0 saturated carbocycles. The fourth-order valence-corrected chi connectivity index (χ4v) is 4.19. The zero-order chi connectivity index (χ0) is 19.0. The lowest BCUT2D eigenvalue weighted by Crippen LogP contribution is -2.57. The summed E-state index contributed by atoms with van der Waals surface area (Å²) in [6, 6.07) is 12.2. The van der Waals surface area contributed by atoms with Crippen molar-refractivity contribution in [2.24, 2.45) is 0 Å². The first-order valence-corrected chi connectivity index (χ1v) is 9.53. The Kier molecular flexibility index (Phi) is 4.12. The summed E-state index contributed by atoms with van der Waals surface area (Å²) in [6.07, 6.45) is 6.06. The maximum absolute atomic E-state index is 12.9. The highest BCUT2D eigenvalue weighted by atomic mass is 16.2. The molecule has 1 spiro atoms. The summed E-state index contributed by atoms with van der Waals surface area (Å²) in [5, 5.41) is 14.8. The number of hydrogen-bond donors (Lipinski definition) is 1. The van der Waals surface area contributed by atoms with Crippen LogP contribution in [0.3, 0.4) is 0 Å². The zero-order valence-corrected chi connectivity index (χ0v) is 15.5. The minimum atomic E-state index is -0.0191. The molecule has 5 rings (SSSR count). The number of benzene rings is 1. The monoisotopic (exact) mass is 375 g/mol. The van der Waals surface area contributed by atoms with Crippen LogP contribution in [0.25, 0.3) is 5.69 Å². The Morgan fingerprint density at radius 2 is 1.89 bits per heavy atom. The number of aromatic nitrogens is 5. The van der Waals surface area contributed by atoms with E-state index in [1.54, 1.807) is 12.3 Å². The molecule has 0 aliphatic carbocycles. The van der Waals surface area contributed by atoms with E-state index in [9.17, 15) is 4.79 Å². The Hall–Kier alpha value is -3.13. The van der Waals surface area contributed by atoms with E-state index in [0.717, 1.165) is 44.6 Å². The number of amides is 1. The Labute approximate surface area is 162 Å². The number of rotatable bonds is 2. The van der Waals surface area contributed by atoms with Gasteiger partial charge in [-0.3, -0.25) is 4.79 Å². The van der Waals surface area contributed by atoms with Crippen LogP contribution in [0.1, 0.15) is 34.5 Å². The van der Waals surface area contributed by atoms with E-state index in [1.165, 1.54) is 22.1 Å². The van der Waals surface area contributed by atoms with Crippen LogP contribution in [0.5, 0.6) is 0 Å². The number of fused-ring (bicyclic) bond motifs is 1. The molecule has 142 valence electrons. The van der Waals surface area contributed by atoms with Gasteiger partial charge in [0.05, 0.1) is 11.9 Å². The van der Waals surface area contributed by atoms with Crippen molar-refractivity contribution in [3.8, 4) is 5.69 Å². The molecule has 2 aliphatic heterocycles. The van der Waals surface area contributed by atoms with Crippen LogP contribution >= 0.6 is 0 Å². The summed E-state index contributed by atoms with van der Waals surface area (Å²) < 4.78 is 1.51. The van der Waals surface area contributed by atoms with Crippen LogP contribution in [-0.2, 0) is 13.0 Å². The zero-order valence-electron chi connectivity index (χ0n) is 15.5. The summed E-state index contributed by atoms with van der Waals surface area (Å²) in [5.74, 6) is -0.0191. The first-order chi connectivity index (χ1) is 13.7. The van der Waals surface area contributed by atoms with Crippen LogP contribution in [0.15, 0.2) is 48.9 Å². The van der Waals surface area contributed by atoms with Crippen molar-refractivity contribution in [2.45, 2.75) is 31.3 Å². The van der Waals surface area contributed by atoms with E-state index in [1.807, 2.05) is 11.0 Å². The maximum Gasteiger partial charge on any atom is 0.272 e. The number of tetrazole rings is 1. The highest BCUT2D eigenvalue weighted by molar-refractivity contribution is 5.92. The third-order valence-electron chi connectivity index (χ3n) is 5.89. The second-order valence-electron chi connectivity index (χ2n) is 7.53. The van der Waals surface area contributed by atoms with Gasteiger partial charge >= 0.3 is 0 Å². The van der Waals surface area contributed by atoms with E-state index in [2.05, 4.69) is 50.1 Å². The fourth-order valence-electron chi connectivity index (χ4n) is 4.19. The smallest absolute Gasteiger partial charge is 0.272 e. The molecule has 2 aromatic heterocycles. The maximum atomic E-state index is 12.9. The van der Waals surface area contributed by atoms with E-state index >= 15 is 0 Å². The molecule has 4 heterocycles. The standard InChI is InChI=1S/C20H21N7O/c28-19(18-6-5-17(13-21-18)27-14-23-24-25-27)26-9-7-20(8-10-26)11-15-3-1-2-4-16(15)12-22-20/h1-6,13-14,22H,7-12H2. The predicted octanol–water partition coefficient (Wildman–Crippen LogP) is 1.38. The molecule has 0 unspecified atom stereocenters. The molecule has 1 N–H and O–H groups in total. The molecule has 2 aliphatic rings. The van der Waals surface area contributed by atoms with E-state index in [-0.39, 0.29) is 11.4 Å². The fraction of sp³-hybridized carbons (Fsp3) is 0.350. The van der Waals surface area contributed by atoms with E-state index in [0.29, 0.717) is 5.69 Å². The Balaban J connectivity index is 1.25. The van der Waals surface area contributed by atoms with Crippen molar-refractivity contribution in [3.05, 3.63) is 65.7 Å². The molecule has 0 radical (unpaired) electrons. The van der Waals surface area contributed by atoms with Crippen molar-refractivity contribution in [2.75, 3.05) is 13.1 Å². The lowest BCUT2D eigenvalue weighted by Gasteiger charge is -2.45. The van der Waals surface area contributed by atoms with Crippen molar-refractivity contribution in [1.82, 2.24) is 35.4 Å². The van der Waals surface area contributed by atoms with Gasteiger partial charge in [-0.25, -0.2) is 4.98 Å². The van der Waals surface area contributed by atoms with Gasteiger partial charge in [-0.1, -0.05) is 24.3 Å². The van der Waals surface area contributed by atoms with Gasteiger partial charge in [-0.05, 0) is 52.9 Å². The van der Waals surface area contributed by atoms with Gasteiger partial charge in [0.2, 0.25) is 0 Å². The lowest BCUT2D eigenvalue weighted by atomic mass is 9.78. The van der Waals surface area contributed by atoms with Gasteiger partial charge < -0.3 is 10.2 Å². The number of nitrogens with one attached hydrogen (secondary N) is 1. The summed E-state index contributed by atoms with van der Waals surface area (Å²) in [7, 11) is 0. The molecule has 0 bridgehead atoms. The Bertz CT molecular complexity index is 976. The van der Waals surface area contributed by atoms with Gasteiger partial charge in [0.15, 0.2) is 0 Å². The third kappa shape index (κ3) is 3.05. The van der Waals surface area contributed by atoms with Crippen molar-refractivity contribution in [3.63, 3.8) is 0 Å². The normalized spacial score (nSPS) is 18.1.